The van der Waals surface area contributed by atoms with Gasteiger partial charge in [0.2, 0.25) is 0 Å². The molecule has 0 spiro atoms. The summed E-state index contributed by atoms with van der Waals surface area (Å²) >= 11 is 0. The van der Waals surface area contributed by atoms with E-state index in [1.165, 1.54) is 6.40 Å². The van der Waals surface area contributed by atoms with E-state index in [1.807, 2.05) is 0 Å². The van der Waals surface area contributed by atoms with Crippen molar-refractivity contribution < 1.29 is 4.74 Å². The molecule has 1 heterocycles. The molecule has 29 valence electrons. The average molecular weight is 94.1 g/mol. The molecule has 0 bridgehead atoms. The topological polar surface area (TPSA) is 21.6 Å². The first-order valence-corrected chi connectivity index (χ1v) is 1.60. The predicted molar refractivity (Wildman–Crippen MR) is 25.1 cm³/mol. The van der Waals surface area contributed by atoms with Gasteiger partial charge in [0.15, 0.2) is 6.40 Å². The van der Waals surface area contributed by atoms with Gasteiger partial charge in [0, 0.05) is 29.6 Å². The number of nitrogens with zero attached hydrogens (tertiary/aromatic N) is 1. The molecule has 1 radical (unpaired) electrons. The van der Waals surface area contributed by atoms with E-state index in [2.05, 4.69) is 9.73 Å². The van der Waals surface area contributed by atoms with Crippen molar-refractivity contribution in [2.75, 3.05) is 13.2 Å². The third-order valence-corrected chi connectivity index (χ3v) is 0.487. The standard InChI is InChI=1S/C3H5NO.Na/c1-2-5-3-4-1;/h3H,1-2H2;. The van der Waals surface area contributed by atoms with Crippen molar-refractivity contribution in [3.8, 4) is 0 Å². The average Bonchev–Trinajstić information content (AvgIpc) is 1.76. The van der Waals surface area contributed by atoms with Gasteiger partial charge in [0.1, 0.15) is 6.61 Å². The summed E-state index contributed by atoms with van der Waals surface area (Å²) in [5.41, 5.74) is 0. The first kappa shape index (κ1) is 6.47. The summed E-state index contributed by atoms with van der Waals surface area (Å²) in [7, 11) is 0. The number of aliphatic imine (C=N–C) groups is 1. The van der Waals surface area contributed by atoms with Crippen molar-refractivity contribution in [2.24, 2.45) is 4.99 Å². The van der Waals surface area contributed by atoms with Crippen LogP contribution in [0.1, 0.15) is 0 Å². The Hall–Kier alpha value is 0.470. The molecule has 1 rings (SSSR count). The maximum atomic E-state index is 4.65. The van der Waals surface area contributed by atoms with Gasteiger partial charge in [-0.1, -0.05) is 0 Å². The molecular formula is C3H5NNaO. The second-order valence-corrected chi connectivity index (χ2v) is 0.882. The summed E-state index contributed by atoms with van der Waals surface area (Å²) in [5.74, 6) is 0. The van der Waals surface area contributed by atoms with E-state index in [1.54, 1.807) is 0 Å². The normalized spacial score (nSPS) is 16.0. The quantitative estimate of drug-likeness (QED) is 0.376. The fourth-order valence-corrected chi connectivity index (χ4v) is 0.264. The second-order valence-electron chi connectivity index (χ2n) is 0.882. The number of hydrogen-bond acceptors (Lipinski definition) is 2. The Morgan fingerprint density at radius 1 is 1.67 bits per heavy atom. The summed E-state index contributed by atoms with van der Waals surface area (Å²) in [6.45, 7) is 1.62. The Morgan fingerprint density at radius 3 is 2.67 bits per heavy atom. The summed E-state index contributed by atoms with van der Waals surface area (Å²) in [6.07, 6.45) is 1.49. The van der Waals surface area contributed by atoms with Gasteiger partial charge >= 0.3 is 0 Å². The zero-order valence-corrected chi connectivity index (χ0v) is 5.85. The van der Waals surface area contributed by atoms with Crippen LogP contribution in [0.4, 0.5) is 0 Å². The van der Waals surface area contributed by atoms with Gasteiger partial charge < -0.3 is 4.74 Å². The van der Waals surface area contributed by atoms with Crippen molar-refractivity contribution in [1.82, 2.24) is 0 Å². The van der Waals surface area contributed by atoms with E-state index in [9.17, 15) is 0 Å². The number of hydrogen-bond donors (Lipinski definition) is 0. The minimum atomic E-state index is 0. The smallest absolute Gasteiger partial charge is 0.169 e. The van der Waals surface area contributed by atoms with E-state index in [0.29, 0.717) is 0 Å². The summed E-state index contributed by atoms with van der Waals surface area (Å²) in [5, 5.41) is 0. The maximum Gasteiger partial charge on any atom is 0.169 e. The molecule has 0 saturated carbocycles. The van der Waals surface area contributed by atoms with Crippen LogP contribution in [0.15, 0.2) is 4.99 Å². The molecule has 0 aliphatic carbocycles. The minimum absolute atomic E-state index is 0. The molecule has 0 saturated heterocycles. The largest absolute Gasteiger partial charge is 0.482 e. The number of rotatable bonds is 0. The molecule has 2 nitrogen and oxygen atoms in total. The van der Waals surface area contributed by atoms with Crippen molar-refractivity contribution in [1.29, 1.82) is 0 Å². The van der Waals surface area contributed by atoms with Gasteiger partial charge in [-0.15, -0.1) is 0 Å². The van der Waals surface area contributed by atoms with Gasteiger partial charge in [-0.25, -0.2) is 0 Å². The molecule has 1 aliphatic heterocycles. The first-order chi connectivity index (χ1) is 2.50. The van der Waals surface area contributed by atoms with Crippen LogP contribution in [-0.2, 0) is 4.74 Å². The van der Waals surface area contributed by atoms with E-state index in [4.69, 9.17) is 0 Å². The van der Waals surface area contributed by atoms with Crippen molar-refractivity contribution in [2.45, 2.75) is 0 Å². The van der Waals surface area contributed by atoms with E-state index in [0.717, 1.165) is 13.2 Å². The molecule has 0 amide bonds. The van der Waals surface area contributed by atoms with E-state index >= 15 is 0 Å². The zero-order valence-electron chi connectivity index (χ0n) is 3.85. The van der Waals surface area contributed by atoms with Crippen LogP contribution in [0.25, 0.3) is 0 Å². The van der Waals surface area contributed by atoms with Crippen LogP contribution >= 0.6 is 0 Å². The fraction of sp³-hybridized carbons (Fsp3) is 0.667. The minimum Gasteiger partial charge on any atom is -0.482 e. The van der Waals surface area contributed by atoms with Crippen LogP contribution in [0.5, 0.6) is 0 Å². The van der Waals surface area contributed by atoms with Gasteiger partial charge in [0.25, 0.3) is 0 Å². The molecule has 0 aromatic rings. The fourth-order valence-electron chi connectivity index (χ4n) is 0.264. The van der Waals surface area contributed by atoms with E-state index < -0.39 is 0 Å². The van der Waals surface area contributed by atoms with Gasteiger partial charge in [0.05, 0.1) is 6.54 Å². The predicted octanol–water partition coefficient (Wildman–Crippen LogP) is -0.336. The van der Waals surface area contributed by atoms with Crippen molar-refractivity contribution in [3.63, 3.8) is 0 Å². The molecule has 0 aromatic carbocycles. The Bertz CT molecular complexity index is 48.8. The molecule has 6 heavy (non-hydrogen) atoms. The van der Waals surface area contributed by atoms with Gasteiger partial charge in [-0.3, -0.25) is 4.99 Å². The van der Waals surface area contributed by atoms with Crippen molar-refractivity contribution in [3.05, 3.63) is 0 Å². The SMILES string of the molecule is C1=NCCO1.[Na]. The Labute approximate surface area is 58.9 Å². The molecule has 0 fully saturated rings. The molecular weight excluding hydrogens is 89.0 g/mol. The molecule has 1 aliphatic rings. The van der Waals surface area contributed by atoms with Crippen LogP contribution in [0.2, 0.25) is 0 Å². The van der Waals surface area contributed by atoms with Crippen molar-refractivity contribution >= 4 is 36.0 Å². The van der Waals surface area contributed by atoms with Crippen LogP contribution in [0.3, 0.4) is 0 Å². The molecule has 3 heteroatoms. The van der Waals surface area contributed by atoms with Crippen LogP contribution < -0.4 is 0 Å². The first-order valence-electron chi connectivity index (χ1n) is 1.60. The molecule has 0 aromatic heterocycles. The molecule has 0 unspecified atom stereocenters. The second kappa shape index (κ2) is 3.65. The monoisotopic (exact) mass is 94.0 g/mol. The zero-order chi connectivity index (χ0) is 3.54. The van der Waals surface area contributed by atoms with Gasteiger partial charge in [-0.05, 0) is 0 Å². The summed E-state index contributed by atoms with van der Waals surface area (Å²) in [6, 6.07) is 0. The number of ether oxygens (including phenoxy) is 1. The van der Waals surface area contributed by atoms with E-state index in [-0.39, 0.29) is 29.6 Å². The Kier molecular flexibility index (Phi) is 3.94. The summed E-state index contributed by atoms with van der Waals surface area (Å²) < 4.78 is 4.65. The van der Waals surface area contributed by atoms with Crippen LogP contribution in [-0.4, -0.2) is 49.1 Å². The maximum absolute atomic E-state index is 4.65. The third-order valence-electron chi connectivity index (χ3n) is 0.487. The summed E-state index contributed by atoms with van der Waals surface area (Å²) in [4.78, 5) is 3.74. The van der Waals surface area contributed by atoms with Gasteiger partial charge in [-0.2, -0.15) is 0 Å². The Morgan fingerprint density at radius 2 is 2.50 bits per heavy atom. The molecule has 0 atom stereocenters. The molecule has 0 N–H and O–H groups in total. The third kappa shape index (κ3) is 1.80. The Balaban J connectivity index is 0.000000250. The van der Waals surface area contributed by atoms with Crippen LogP contribution in [0, 0.1) is 0 Å².